The molecule has 19 heavy (non-hydrogen) atoms. The van der Waals surface area contributed by atoms with Crippen LogP contribution in [0.2, 0.25) is 5.02 Å². The van der Waals surface area contributed by atoms with Gasteiger partial charge in [-0.2, -0.15) is 5.26 Å². The van der Waals surface area contributed by atoms with Gasteiger partial charge in [0.1, 0.15) is 0 Å². The van der Waals surface area contributed by atoms with Gasteiger partial charge in [-0.05, 0) is 44.9 Å². The van der Waals surface area contributed by atoms with Crippen LogP contribution in [0.25, 0.3) is 0 Å². The van der Waals surface area contributed by atoms with E-state index in [1.165, 1.54) is 0 Å². The predicted octanol–water partition coefficient (Wildman–Crippen LogP) is 4.08. The van der Waals surface area contributed by atoms with Crippen molar-refractivity contribution in [2.75, 3.05) is 24.2 Å². The van der Waals surface area contributed by atoms with E-state index in [2.05, 4.69) is 11.0 Å². The van der Waals surface area contributed by atoms with E-state index in [-0.39, 0.29) is 5.41 Å². The first-order chi connectivity index (χ1) is 8.85. The van der Waals surface area contributed by atoms with Gasteiger partial charge in [0.05, 0.1) is 22.9 Å². The molecular formula is C15H22ClN3. The summed E-state index contributed by atoms with van der Waals surface area (Å²) < 4.78 is 0. The molecule has 0 saturated carbocycles. The highest BCUT2D eigenvalue weighted by molar-refractivity contribution is 6.31. The topological polar surface area (TPSA) is 53.0 Å². The summed E-state index contributed by atoms with van der Waals surface area (Å²) in [5.41, 5.74) is 7.42. The van der Waals surface area contributed by atoms with Gasteiger partial charge in [-0.1, -0.05) is 18.0 Å². The average Bonchev–Trinajstić information content (AvgIpc) is 2.37. The van der Waals surface area contributed by atoms with E-state index < -0.39 is 0 Å². The lowest BCUT2D eigenvalue weighted by Crippen LogP contribution is -2.20. The molecule has 1 rings (SSSR count). The summed E-state index contributed by atoms with van der Waals surface area (Å²) in [6, 6.07) is 7.83. The Hall–Kier alpha value is -1.40. The molecule has 0 aliphatic rings. The number of halogens is 1. The molecule has 0 aliphatic carbocycles. The maximum Gasteiger partial charge on any atom is 0.0683 e. The highest BCUT2D eigenvalue weighted by Gasteiger charge is 2.15. The molecule has 0 atom stereocenters. The van der Waals surface area contributed by atoms with Crippen molar-refractivity contribution >= 4 is 23.0 Å². The van der Waals surface area contributed by atoms with E-state index in [4.69, 9.17) is 22.6 Å². The summed E-state index contributed by atoms with van der Waals surface area (Å²) in [6.07, 6.45) is 2.99. The Bertz CT molecular complexity index is 463. The monoisotopic (exact) mass is 279 g/mol. The molecule has 4 heteroatoms. The molecule has 0 unspecified atom stereocenters. The predicted molar refractivity (Wildman–Crippen MR) is 82.4 cm³/mol. The number of nitrogen functional groups attached to an aromatic ring is 1. The minimum absolute atomic E-state index is 0.229. The first-order valence-corrected chi connectivity index (χ1v) is 6.91. The Balaban J connectivity index is 2.46. The molecule has 0 spiro atoms. The smallest absolute Gasteiger partial charge is 0.0683 e. The molecule has 0 fully saturated rings. The number of nitrogens with zero attached hydrogens (tertiary/aromatic N) is 2. The number of anilines is 2. The summed E-state index contributed by atoms with van der Waals surface area (Å²) in [7, 11) is 2.01. The highest BCUT2D eigenvalue weighted by atomic mass is 35.5. The highest BCUT2D eigenvalue weighted by Crippen LogP contribution is 2.27. The standard InChI is InChI=1S/C15H22ClN3/c1-15(2,11-17)8-4-5-9-19(3)14-10-12(16)6-7-13(14)18/h6-7,10H,4-5,8-9,18H2,1-3H3. The van der Waals surface area contributed by atoms with Crippen molar-refractivity contribution in [3.63, 3.8) is 0 Å². The average molecular weight is 280 g/mol. The number of nitriles is 1. The van der Waals surface area contributed by atoms with Gasteiger partial charge in [0.25, 0.3) is 0 Å². The van der Waals surface area contributed by atoms with E-state index in [9.17, 15) is 0 Å². The van der Waals surface area contributed by atoms with Crippen molar-refractivity contribution in [2.45, 2.75) is 33.1 Å². The molecule has 0 radical (unpaired) electrons. The van der Waals surface area contributed by atoms with E-state index in [0.29, 0.717) is 5.02 Å². The maximum atomic E-state index is 8.96. The summed E-state index contributed by atoms with van der Waals surface area (Å²) in [4.78, 5) is 2.11. The molecule has 104 valence electrons. The lowest BCUT2D eigenvalue weighted by atomic mass is 9.89. The molecule has 2 N–H and O–H groups in total. The van der Waals surface area contributed by atoms with Crippen LogP contribution in [-0.2, 0) is 0 Å². The minimum Gasteiger partial charge on any atom is -0.397 e. The van der Waals surface area contributed by atoms with Gasteiger partial charge < -0.3 is 10.6 Å². The van der Waals surface area contributed by atoms with Gasteiger partial charge >= 0.3 is 0 Å². The molecule has 1 aromatic carbocycles. The van der Waals surface area contributed by atoms with Gasteiger partial charge in [-0.3, -0.25) is 0 Å². The fourth-order valence-corrected chi connectivity index (χ4v) is 2.11. The first-order valence-electron chi connectivity index (χ1n) is 6.53. The van der Waals surface area contributed by atoms with Crippen LogP contribution in [-0.4, -0.2) is 13.6 Å². The number of hydrogen-bond donors (Lipinski definition) is 1. The van der Waals surface area contributed by atoms with Crippen molar-refractivity contribution in [3.05, 3.63) is 23.2 Å². The largest absolute Gasteiger partial charge is 0.397 e. The summed E-state index contributed by atoms with van der Waals surface area (Å²) in [6.45, 7) is 4.86. The Morgan fingerprint density at radius 2 is 2.05 bits per heavy atom. The van der Waals surface area contributed by atoms with Gasteiger partial charge in [0.15, 0.2) is 0 Å². The third kappa shape index (κ3) is 5.00. The number of hydrogen-bond acceptors (Lipinski definition) is 3. The Morgan fingerprint density at radius 3 is 2.68 bits per heavy atom. The molecule has 0 aromatic heterocycles. The third-order valence-corrected chi connectivity index (χ3v) is 3.49. The Morgan fingerprint density at radius 1 is 1.37 bits per heavy atom. The fraction of sp³-hybridized carbons (Fsp3) is 0.533. The van der Waals surface area contributed by atoms with Crippen molar-refractivity contribution in [1.82, 2.24) is 0 Å². The van der Waals surface area contributed by atoms with E-state index >= 15 is 0 Å². The summed E-state index contributed by atoms with van der Waals surface area (Å²) >= 11 is 5.98. The van der Waals surface area contributed by atoms with Crippen molar-refractivity contribution in [1.29, 1.82) is 5.26 Å². The SMILES string of the molecule is CN(CCCCC(C)(C)C#N)c1cc(Cl)ccc1N. The van der Waals surface area contributed by atoms with E-state index in [1.54, 1.807) is 6.07 Å². The molecule has 0 aliphatic heterocycles. The van der Waals surface area contributed by atoms with Gasteiger partial charge in [-0.25, -0.2) is 0 Å². The number of unbranched alkanes of at least 4 members (excludes halogenated alkanes) is 1. The second-order valence-electron chi connectivity index (χ2n) is 5.58. The van der Waals surface area contributed by atoms with Crippen LogP contribution in [0, 0.1) is 16.7 Å². The lowest BCUT2D eigenvalue weighted by molar-refractivity contribution is 0.427. The second kappa shape index (κ2) is 6.68. The summed E-state index contributed by atoms with van der Waals surface area (Å²) in [5.74, 6) is 0. The molecular weight excluding hydrogens is 258 g/mol. The summed E-state index contributed by atoms with van der Waals surface area (Å²) in [5, 5.41) is 9.65. The molecule has 0 amide bonds. The van der Waals surface area contributed by atoms with Crippen molar-refractivity contribution < 1.29 is 0 Å². The molecule has 1 aromatic rings. The van der Waals surface area contributed by atoms with Crippen LogP contribution in [0.3, 0.4) is 0 Å². The number of nitrogens with two attached hydrogens (primary N) is 1. The van der Waals surface area contributed by atoms with Gasteiger partial charge in [0.2, 0.25) is 0 Å². The zero-order chi connectivity index (χ0) is 14.5. The van der Waals surface area contributed by atoms with Crippen molar-refractivity contribution in [2.24, 2.45) is 5.41 Å². The lowest BCUT2D eigenvalue weighted by Gasteiger charge is -2.22. The quantitative estimate of drug-likeness (QED) is 0.631. The van der Waals surface area contributed by atoms with Gasteiger partial charge in [0, 0.05) is 18.6 Å². The van der Waals surface area contributed by atoms with Crippen LogP contribution in [0.15, 0.2) is 18.2 Å². The Kier molecular flexibility index (Phi) is 5.50. The van der Waals surface area contributed by atoms with Crippen molar-refractivity contribution in [3.8, 4) is 6.07 Å². The van der Waals surface area contributed by atoms with Crippen LogP contribution in [0.1, 0.15) is 33.1 Å². The molecule has 0 saturated heterocycles. The zero-order valence-corrected chi connectivity index (χ0v) is 12.7. The Labute approximate surface area is 121 Å². The molecule has 3 nitrogen and oxygen atoms in total. The first kappa shape index (κ1) is 15.7. The maximum absolute atomic E-state index is 8.96. The zero-order valence-electron chi connectivity index (χ0n) is 11.9. The van der Waals surface area contributed by atoms with Crippen LogP contribution in [0.5, 0.6) is 0 Å². The van der Waals surface area contributed by atoms with E-state index in [1.807, 2.05) is 33.0 Å². The normalized spacial score (nSPS) is 11.1. The van der Waals surface area contributed by atoms with E-state index in [0.717, 1.165) is 37.2 Å². The van der Waals surface area contributed by atoms with Crippen LogP contribution in [0.4, 0.5) is 11.4 Å². The third-order valence-electron chi connectivity index (χ3n) is 3.25. The fourth-order valence-electron chi connectivity index (χ4n) is 1.94. The number of benzene rings is 1. The number of rotatable bonds is 6. The van der Waals surface area contributed by atoms with Crippen LogP contribution >= 0.6 is 11.6 Å². The molecule has 0 heterocycles. The molecule has 0 bridgehead atoms. The van der Waals surface area contributed by atoms with Crippen LogP contribution < -0.4 is 10.6 Å². The van der Waals surface area contributed by atoms with Gasteiger partial charge in [-0.15, -0.1) is 0 Å². The minimum atomic E-state index is -0.229. The second-order valence-corrected chi connectivity index (χ2v) is 6.01.